The van der Waals surface area contributed by atoms with E-state index in [2.05, 4.69) is 26.5 Å². The molecule has 2 amide bonds. The molecule has 3 aliphatic heterocycles. The fourth-order valence-electron chi connectivity index (χ4n) is 5.42. The van der Waals surface area contributed by atoms with E-state index in [0.29, 0.717) is 12.5 Å². The lowest BCUT2D eigenvalue weighted by Crippen LogP contribution is -2.52. The number of carbonyl (C=O) groups excluding carboxylic acids is 2. The van der Waals surface area contributed by atoms with E-state index >= 15 is 0 Å². The second-order valence-electron chi connectivity index (χ2n) is 8.83. The van der Waals surface area contributed by atoms with Crippen LogP contribution in [0, 0.1) is 0 Å². The number of imidazole rings is 1. The number of aryl methyl sites for hydroxylation is 1. The highest BCUT2D eigenvalue weighted by atomic mass is 16.2. The van der Waals surface area contributed by atoms with Crippen molar-refractivity contribution in [1.29, 1.82) is 0 Å². The molecule has 0 aliphatic carbocycles. The number of nitrogens with zero attached hydrogens (tertiary/aromatic N) is 4. The highest BCUT2D eigenvalue weighted by molar-refractivity contribution is 6.00. The van der Waals surface area contributed by atoms with Gasteiger partial charge < -0.3 is 10.2 Å². The summed E-state index contributed by atoms with van der Waals surface area (Å²) in [6.45, 7) is 6.26. The van der Waals surface area contributed by atoms with Crippen LogP contribution < -0.4 is 21.2 Å². The summed E-state index contributed by atoms with van der Waals surface area (Å²) in [5.41, 5.74) is 2.44. The van der Waals surface area contributed by atoms with Crippen molar-refractivity contribution in [3.8, 4) is 0 Å². The van der Waals surface area contributed by atoms with Crippen molar-refractivity contribution < 1.29 is 9.59 Å². The van der Waals surface area contributed by atoms with Gasteiger partial charge in [0.15, 0.2) is 0 Å². The number of rotatable bonds is 3. The van der Waals surface area contributed by atoms with Gasteiger partial charge in [0, 0.05) is 58.8 Å². The maximum atomic E-state index is 13.1. The third kappa shape index (κ3) is 3.55. The van der Waals surface area contributed by atoms with E-state index in [9.17, 15) is 14.4 Å². The molecule has 0 bridgehead atoms. The molecule has 0 saturated carbocycles. The molecule has 2 aromatic rings. The molecule has 3 aliphatic rings. The molecule has 1 aromatic heterocycles. The van der Waals surface area contributed by atoms with Gasteiger partial charge in [0.25, 0.3) is 0 Å². The highest BCUT2D eigenvalue weighted by Gasteiger charge is 2.32. The minimum Gasteiger partial charge on any atom is -0.370 e. The number of piperidine rings is 2. The van der Waals surface area contributed by atoms with Gasteiger partial charge in [-0.15, -0.1) is 0 Å². The van der Waals surface area contributed by atoms with Crippen molar-refractivity contribution >= 4 is 28.5 Å². The summed E-state index contributed by atoms with van der Waals surface area (Å²) in [4.78, 5) is 42.1. The molecule has 31 heavy (non-hydrogen) atoms. The molecule has 9 heteroatoms. The van der Waals surface area contributed by atoms with Gasteiger partial charge in [-0.05, 0) is 31.4 Å². The monoisotopic (exact) mass is 426 g/mol. The van der Waals surface area contributed by atoms with Crippen molar-refractivity contribution in [3.63, 3.8) is 0 Å². The number of nitrogens with one attached hydrogen (secondary N) is 2. The van der Waals surface area contributed by atoms with Crippen LogP contribution >= 0.6 is 0 Å². The normalized spacial score (nSPS) is 24.0. The predicted molar refractivity (Wildman–Crippen MR) is 118 cm³/mol. The number of para-hydroxylation sites is 1. The average molecular weight is 427 g/mol. The first-order valence-corrected chi connectivity index (χ1v) is 11.3. The summed E-state index contributed by atoms with van der Waals surface area (Å²) in [5.74, 6) is -0.671. The number of imide groups is 1. The van der Waals surface area contributed by atoms with Crippen molar-refractivity contribution in [1.82, 2.24) is 24.7 Å². The zero-order valence-electron chi connectivity index (χ0n) is 18.0. The van der Waals surface area contributed by atoms with E-state index < -0.39 is 11.9 Å². The maximum Gasteiger partial charge on any atom is 0.329 e. The lowest BCUT2D eigenvalue weighted by molar-refractivity contribution is -0.135. The Morgan fingerprint density at radius 2 is 1.71 bits per heavy atom. The predicted octanol–water partition coefficient (Wildman–Crippen LogP) is 0.192. The zero-order valence-corrected chi connectivity index (χ0v) is 18.0. The zero-order chi connectivity index (χ0) is 21.5. The standard InChI is InChI=1S/C22H30N6O3/c1-25-20-16(27-11-7-15(8-12-27)26-13-9-23-10-14-26)3-2-4-17(20)28(22(25)31)18-5-6-19(29)24-21(18)30/h2-4,15,18,23H,5-14H2,1H3,(H,24,29,30). The van der Waals surface area contributed by atoms with Crippen LogP contribution in [-0.2, 0) is 16.6 Å². The average Bonchev–Trinajstić information content (AvgIpc) is 3.05. The van der Waals surface area contributed by atoms with E-state index in [1.54, 1.807) is 16.2 Å². The van der Waals surface area contributed by atoms with Crippen LogP contribution in [0.25, 0.3) is 11.0 Å². The molecule has 1 atom stereocenters. The molecule has 1 aromatic carbocycles. The Labute approximate surface area is 181 Å². The number of anilines is 1. The maximum absolute atomic E-state index is 13.1. The molecular formula is C22H30N6O3. The number of hydrogen-bond donors (Lipinski definition) is 2. The van der Waals surface area contributed by atoms with Gasteiger partial charge in [-0.3, -0.25) is 28.9 Å². The van der Waals surface area contributed by atoms with Gasteiger partial charge >= 0.3 is 5.69 Å². The van der Waals surface area contributed by atoms with Crippen LogP contribution in [0.1, 0.15) is 31.7 Å². The van der Waals surface area contributed by atoms with Crippen LogP contribution in [-0.4, -0.2) is 71.2 Å². The number of carbonyl (C=O) groups is 2. The molecular weight excluding hydrogens is 396 g/mol. The second kappa shape index (κ2) is 8.12. The second-order valence-corrected chi connectivity index (χ2v) is 8.83. The van der Waals surface area contributed by atoms with E-state index in [0.717, 1.165) is 68.8 Å². The summed E-state index contributed by atoms with van der Waals surface area (Å²) in [6, 6.07) is 5.90. The molecule has 2 N–H and O–H groups in total. The van der Waals surface area contributed by atoms with E-state index in [-0.39, 0.29) is 18.0 Å². The Hall–Kier alpha value is -2.65. The lowest BCUT2D eigenvalue weighted by atomic mass is 10.0. The largest absolute Gasteiger partial charge is 0.370 e. The first-order chi connectivity index (χ1) is 15.0. The molecule has 3 saturated heterocycles. The van der Waals surface area contributed by atoms with E-state index in [1.807, 2.05) is 12.1 Å². The molecule has 0 radical (unpaired) electrons. The summed E-state index contributed by atoms with van der Waals surface area (Å²) < 4.78 is 3.21. The summed E-state index contributed by atoms with van der Waals surface area (Å²) in [6.07, 6.45) is 2.82. The third-order valence-electron chi connectivity index (χ3n) is 7.08. The number of benzene rings is 1. The molecule has 1 unspecified atom stereocenters. The number of aromatic nitrogens is 2. The van der Waals surface area contributed by atoms with Crippen LogP contribution in [0.3, 0.4) is 0 Å². The summed E-state index contributed by atoms with van der Waals surface area (Å²) >= 11 is 0. The molecule has 9 nitrogen and oxygen atoms in total. The lowest BCUT2D eigenvalue weighted by Gasteiger charge is -2.41. The smallest absolute Gasteiger partial charge is 0.329 e. The fraction of sp³-hybridized carbons (Fsp3) is 0.591. The molecule has 5 rings (SSSR count). The Bertz CT molecular complexity index is 1060. The molecule has 3 fully saturated rings. The van der Waals surface area contributed by atoms with Crippen LogP contribution in [0.15, 0.2) is 23.0 Å². The topological polar surface area (TPSA) is 91.6 Å². The SMILES string of the molecule is Cn1c(=O)n(C2CCC(=O)NC2=O)c2cccc(N3CCC(N4CCNCC4)CC3)c21. The quantitative estimate of drug-likeness (QED) is 0.681. The van der Waals surface area contributed by atoms with Crippen molar-refractivity contribution in [3.05, 3.63) is 28.7 Å². The molecule has 166 valence electrons. The van der Waals surface area contributed by atoms with Gasteiger partial charge in [0.05, 0.1) is 16.7 Å². The Balaban J connectivity index is 1.44. The van der Waals surface area contributed by atoms with Crippen molar-refractivity contribution in [2.75, 3.05) is 44.2 Å². The van der Waals surface area contributed by atoms with Crippen molar-refractivity contribution in [2.45, 2.75) is 37.8 Å². The van der Waals surface area contributed by atoms with Gasteiger partial charge in [-0.25, -0.2) is 4.79 Å². The van der Waals surface area contributed by atoms with Gasteiger partial charge in [0.1, 0.15) is 6.04 Å². The third-order valence-corrected chi connectivity index (χ3v) is 7.08. The Morgan fingerprint density at radius 3 is 2.42 bits per heavy atom. The van der Waals surface area contributed by atoms with Crippen LogP contribution in [0.4, 0.5) is 5.69 Å². The first-order valence-electron chi connectivity index (χ1n) is 11.3. The van der Waals surface area contributed by atoms with Crippen LogP contribution in [0.2, 0.25) is 0 Å². The fourth-order valence-corrected chi connectivity index (χ4v) is 5.42. The first kappa shape index (κ1) is 20.3. The minimum atomic E-state index is -0.650. The number of amides is 2. The molecule has 0 spiro atoms. The van der Waals surface area contributed by atoms with Crippen LogP contribution in [0.5, 0.6) is 0 Å². The number of hydrogen-bond acceptors (Lipinski definition) is 6. The summed E-state index contributed by atoms with van der Waals surface area (Å²) in [7, 11) is 1.77. The Kier molecular flexibility index (Phi) is 5.31. The molecule has 4 heterocycles. The minimum absolute atomic E-state index is 0.215. The van der Waals surface area contributed by atoms with Gasteiger partial charge in [0.2, 0.25) is 11.8 Å². The summed E-state index contributed by atoms with van der Waals surface area (Å²) in [5, 5.41) is 5.80. The van der Waals surface area contributed by atoms with Crippen molar-refractivity contribution in [2.24, 2.45) is 7.05 Å². The van der Waals surface area contributed by atoms with E-state index in [1.165, 1.54) is 0 Å². The Morgan fingerprint density at radius 1 is 0.968 bits per heavy atom. The number of piperazine rings is 1. The number of fused-ring (bicyclic) bond motifs is 1. The van der Waals surface area contributed by atoms with Gasteiger partial charge in [-0.1, -0.05) is 6.07 Å². The highest BCUT2D eigenvalue weighted by Crippen LogP contribution is 2.31. The van der Waals surface area contributed by atoms with E-state index in [4.69, 9.17) is 0 Å². The van der Waals surface area contributed by atoms with Gasteiger partial charge in [-0.2, -0.15) is 0 Å².